The minimum Gasteiger partial charge on any atom is -0.454 e. The predicted octanol–water partition coefficient (Wildman–Crippen LogP) is 3.92. The Balaban J connectivity index is 2.22. The van der Waals surface area contributed by atoms with Crippen LogP contribution >= 0.6 is 15.9 Å². The van der Waals surface area contributed by atoms with Gasteiger partial charge in [-0.05, 0) is 42.0 Å². The van der Waals surface area contributed by atoms with Crippen LogP contribution in [-0.4, -0.2) is 14.7 Å². The maximum atomic E-state index is 13.7. The van der Waals surface area contributed by atoms with Crippen molar-refractivity contribution in [3.8, 4) is 11.5 Å². The molecule has 0 aliphatic rings. The summed E-state index contributed by atoms with van der Waals surface area (Å²) >= 11 is 3.25. The van der Waals surface area contributed by atoms with E-state index < -0.39 is 15.7 Å². The second-order valence-electron chi connectivity index (χ2n) is 4.24. The molecular formula is C14H12BrFO3S. The number of hydrogen-bond acceptors (Lipinski definition) is 3. The van der Waals surface area contributed by atoms with Crippen LogP contribution in [0.3, 0.4) is 0 Å². The number of hydrogen-bond donors (Lipinski definition) is 0. The summed E-state index contributed by atoms with van der Waals surface area (Å²) in [6.07, 6.45) is 1.13. The molecule has 0 N–H and O–H groups in total. The molecule has 0 saturated heterocycles. The van der Waals surface area contributed by atoms with Crippen molar-refractivity contribution < 1.29 is 17.5 Å². The van der Waals surface area contributed by atoms with Gasteiger partial charge in [-0.1, -0.05) is 22.0 Å². The minimum atomic E-state index is -3.24. The molecule has 0 unspecified atom stereocenters. The maximum absolute atomic E-state index is 13.7. The van der Waals surface area contributed by atoms with Crippen molar-refractivity contribution >= 4 is 25.8 Å². The monoisotopic (exact) mass is 358 g/mol. The van der Waals surface area contributed by atoms with Crippen LogP contribution in [0.5, 0.6) is 11.5 Å². The molecule has 20 heavy (non-hydrogen) atoms. The number of alkyl halides is 1. The molecule has 2 rings (SSSR count). The quantitative estimate of drug-likeness (QED) is 0.778. The van der Waals surface area contributed by atoms with E-state index in [9.17, 15) is 12.8 Å². The lowest BCUT2D eigenvalue weighted by Gasteiger charge is -2.08. The smallest absolute Gasteiger partial charge is 0.175 e. The van der Waals surface area contributed by atoms with Crippen molar-refractivity contribution in [2.24, 2.45) is 0 Å². The van der Waals surface area contributed by atoms with E-state index in [-0.39, 0.29) is 10.6 Å². The van der Waals surface area contributed by atoms with Crippen LogP contribution in [0.1, 0.15) is 5.56 Å². The van der Waals surface area contributed by atoms with E-state index in [1.54, 1.807) is 6.07 Å². The lowest BCUT2D eigenvalue weighted by atomic mass is 10.2. The minimum absolute atomic E-state index is 0.0989. The van der Waals surface area contributed by atoms with Crippen LogP contribution in [0.25, 0.3) is 0 Å². The summed E-state index contributed by atoms with van der Waals surface area (Å²) in [6, 6.07) is 10.5. The summed E-state index contributed by atoms with van der Waals surface area (Å²) in [5.41, 5.74) is 0.808. The first kappa shape index (κ1) is 15.0. The first-order valence-electron chi connectivity index (χ1n) is 5.72. The average molecular weight is 359 g/mol. The van der Waals surface area contributed by atoms with Crippen LogP contribution in [-0.2, 0) is 15.2 Å². The highest BCUT2D eigenvalue weighted by Gasteiger charge is 2.09. The van der Waals surface area contributed by atoms with Gasteiger partial charge in [0.15, 0.2) is 21.4 Å². The fraction of sp³-hybridized carbons (Fsp3) is 0.143. The SMILES string of the molecule is CS(=O)(=O)c1ccc(Oc2ccc(CBr)cc2F)cc1. The van der Waals surface area contributed by atoms with Crippen molar-refractivity contribution in [2.75, 3.05) is 6.26 Å². The largest absolute Gasteiger partial charge is 0.454 e. The van der Waals surface area contributed by atoms with E-state index in [0.29, 0.717) is 11.1 Å². The summed E-state index contributed by atoms with van der Waals surface area (Å²) in [6.45, 7) is 0. The highest BCUT2D eigenvalue weighted by atomic mass is 79.9. The second kappa shape index (κ2) is 5.93. The standard InChI is InChI=1S/C14H12BrFO3S/c1-20(17,18)12-5-3-11(4-6-12)19-14-7-2-10(9-15)8-13(14)16/h2-8H,9H2,1H3. The number of sulfone groups is 1. The fourth-order valence-electron chi connectivity index (χ4n) is 1.59. The summed E-state index contributed by atoms with van der Waals surface area (Å²) in [5, 5.41) is 0.563. The predicted molar refractivity (Wildman–Crippen MR) is 78.7 cm³/mol. The number of ether oxygens (including phenoxy) is 1. The van der Waals surface area contributed by atoms with Crippen molar-refractivity contribution in [1.29, 1.82) is 0 Å². The highest BCUT2D eigenvalue weighted by Crippen LogP contribution is 2.26. The molecule has 0 amide bonds. The van der Waals surface area contributed by atoms with Gasteiger partial charge in [-0.3, -0.25) is 0 Å². The number of rotatable bonds is 4. The molecule has 0 spiro atoms. The van der Waals surface area contributed by atoms with Crippen LogP contribution in [0.4, 0.5) is 4.39 Å². The van der Waals surface area contributed by atoms with Gasteiger partial charge in [0.1, 0.15) is 5.75 Å². The average Bonchev–Trinajstić information content (AvgIpc) is 2.40. The van der Waals surface area contributed by atoms with E-state index >= 15 is 0 Å². The van der Waals surface area contributed by atoms with E-state index in [2.05, 4.69) is 15.9 Å². The van der Waals surface area contributed by atoms with Gasteiger partial charge in [0, 0.05) is 11.6 Å². The second-order valence-corrected chi connectivity index (χ2v) is 6.82. The zero-order valence-corrected chi connectivity index (χ0v) is 13.0. The van der Waals surface area contributed by atoms with Crippen molar-refractivity contribution in [3.63, 3.8) is 0 Å². The van der Waals surface area contributed by atoms with Crippen LogP contribution in [0.15, 0.2) is 47.4 Å². The molecule has 0 aliphatic carbocycles. The van der Waals surface area contributed by atoms with Gasteiger partial charge in [0.05, 0.1) is 4.90 Å². The van der Waals surface area contributed by atoms with Gasteiger partial charge < -0.3 is 4.74 Å². The topological polar surface area (TPSA) is 43.4 Å². The van der Waals surface area contributed by atoms with E-state index in [1.807, 2.05) is 0 Å². The molecule has 0 heterocycles. The molecule has 0 radical (unpaired) electrons. The van der Waals surface area contributed by atoms with E-state index in [4.69, 9.17) is 4.74 Å². The summed E-state index contributed by atoms with van der Waals surface area (Å²) in [5.74, 6) is 0.0128. The Kier molecular flexibility index (Phi) is 4.45. The summed E-state index contributed by atoms with van der Waals surface area (Å²) < 4.78 is 41.8. The normalized spacial score (nSPS) is 11.3. The maximum Gasteiger partial charge on any atom is 0.175 e. The highest BCUT2D eigenvalue weighted by molar-refractivity contribution is 9.08. The van der Waals surface area contributed by atoms with Crippen LogP contribution in [0, 0.1) is 5.82 Å². The van der Waals surface area contributed by atoms with Crippen LogP contribution < -0.4 is 4.74 Å². The fourth-order valence-corrected chi connectivity index (χ4v) is 2.57. The van der Waals surface area contributed by atoms with Gasteiger partial charge >= 0.3 is 0 Å². The molecule has 0 atom stereocenters. The molecule has 0 aliphatic heterocycles. The molecule has 0 bridgehead atoms. The summed E-state index contributed by atoms with van der Waals surface area (Å²) in [7, 11) is -3.24. The Hall–Kier alpha value is -1.40. The molecule has 0 fully saturated rings. The first-order valence-corrected chi connectivity index (χ1v) is 8.74. The van der Waals surface area contributed by atoms with Gasteiger partial charge in [-0.25, -0.2) is 12.8 Å². The molecule has 6 heteroatoms. The number of halogens is 2. The molecule has 2 aromatic rings. The third-order valence-electron chi connectivity index (χ3n) is 2.63. The van der Waals surface area contributed by atoms with Gasteiger partial charge in [-0.2, -0.15) is 0 Å². The Morgan fingerprint density at radius 3 is 2.30 bits per heavy atom. The lowest BCUT2D eigenvalue weighted by Crippen LogP contribution is -1.96. The lowest BCUT2D eigenvalue weighted by molar-refractivity contribution is 0.441. The molecular weight excluding hydrogens is 347 g/mol. The molecule has 0 saturated carbocycles. The zero-order valence-electron chi connectivity index (χ0n) is 10.6. The third kappa shape index (κ3) is 3.58. The van der Waals surface area contributed by atoms with Crippen molar-refractivity contribution in [2.45, 2.75) is 10.2 Å². The van der Waals surface area contributed by atoms with E-state index in [0.717, 1.165) is 11.8 Å². The molecule has 106 valence electrons. The van der Waals surface area contributed by atoms with Gasteiger partial charge in [0.25, 0.3) is 0 Å². The Labute approximate surface area is 125 Å². The van der Waals surface area contributed by atoms with E-state index in [1.165, 1.54) is 36.4 Å². The Morgan fingerprint density at radius 1 is 1.15 bits per heavy atom. The van der Waals surface area contributed by atoms with Gasteiger partial charge in [-0.15, -0.1) is 0 Å². The molecule has 3 nitrogen and oxygen atoms in total. The third-order valence-corrected chi connectivity index (χ3v) is 4.41. The molecule has 2 aromatic carbocycles. The molecule has 0 aromatic heterocycles. The first-order chi connectivity index (χ1) is 9.40. The van der Waals surface area contributed by atoms with Crippen molar-refractivity contribution in [3.05, 3.63) is 53.8 Å². The Morgan fingerprint density at radius 2 is 1.80 bits per heavy atom. The Bertz CT molecular complexity index is 712. The summed E-state index contributed by atoms with van der Waals surface area (Å²) in [4.78, 5) is 0.194. The van der Waals surface area contributed by atoms with Crippen LogP contribution in [0.2, 0.25) is 0 Å². The zero-order chi connectivity index (χ0) is 14.8. The van der Waals surface area contributed by atoms with Crippen molar-refractivity contribution in [1.82, 2.24) is 0 Å². The van der Waals surface area contributed by atoms with Gasteiger partial charge in [0.2, 0.25) is 0 Å². The number of benzene rings is 2.